The average molecular weight is 258 g/mol. The molecular formula is C12H22N2O4. The van der Waals surface area contributed by atoms with Crippen molar-refractivity contribution in [3.8, 4) is 0 Å². The summed E-state index contributed by atoms with van der Waals surface area (Å²) >= 11 is 0. The van der Waals surface area contributed by atoms with Crippen LogP contribution in [0.25, 0.3) is 0 Å². The SMILES string of the molecule is CC(CCCNC(=O)C1(C)COCC1N)C(=O)O. The summed E-state index contributed by atoms with van der Waals surface area (Å²) < 4.78 is 5.21. The third kappa shape index (κ3) is 3.43. The van der Waals surface area contributed by atoms with Crippen LogP contribution >= 0.6 is 0 Å². The van der Waals surface area contributed by atoms with E-state index in [9.17, 15) is 9.59 Å². The molecule has 1 amide bonds. The smallest absolute Gasteiger partial charge is 0.306 e. The third-order valence-electron chi connectivity index (χ3n) is 3.56. The van der Waals surface area contributed by atoms with Crippen molar-refractivity contribution in [3.63, 3.8) is 0 Å². The summed E-state index contributed by atoms with van der Waals surface area (Å²) in [5.74, 6) is -1.30. The quantitative estimate of drug-likeness (QED) is 0.581. The van der Waals surface area contributed by atoms with Gasteiger partial charge in [0.1, 0.15) is 0 Å². The van der Waals surface area contributed by atoms with E-state index in [4.69, 9.17) is 15.6 Å². The number of amides is 1. The summed E-state index contributed by atoms with van der Waals surface area (Å²) in [6.45, 7) is 4.66. The molecule has 18 heavy (non-hydrogen) atoms. The predicted molar refractivity (Wildman–Crippen MR) is 65.9 cm³/mol. The van der Waals surface area contributed by atoms with Crippen molar-refractivity contribution in [1.82, 2.24) is 5.32 Å². The first-order chi connectivity index (χ1) is 8.38. The van der Waals surface area contributed by atoms with Crippen molar-refractivity contribution in [2.45, 2.75) is 32.7 Å². The van der Waals surface area contributed by atoms with E-state index in [2.05, 4.69) is 5.32 Å². The fourth-order valence-electron chi connectivity index (χ4n) is 1.86. The Kier molecular flexibility index (Phi) is 5.10. The van der Waals surface area contributed by atoms with Gasteiger partial charge in [-0.2, -0.15) is 0 Å². The van der Waals surface area contributed by atoms with Crippen LogP contribution in [0, 0.1) is 11.3 Å². The topological polar surface area (TPSA) is 102 Å². The molecule has 0 aliphatic carbocycles. The molecule has 1 aliphatic heterocycles. The molecule has 1 saturated heterocycles. The first-order valence-corrected chi connectivity index (χ1v) is 6.22. The minimum Gasteiger partial charge on any atom is -0.481 e. The summed E-state index contributed by atoms with van der Waals surface area (Å²) in [4.78, 5) is 22.6. The minimum absolute atomic E-state index is 0.115. The molecule has 1 rings (SSSR count). The zero-order valence-corrected chi connectivity index (χ0v) is 10.9. The van der Waals surface area contributed by atoms with Crippen molar-refractivity contribution in [2.75, 3.05) is 19.8 Å². The number of hydrogen-bond donors (Lipinski definition) is 3. The Morgan fingerprint density at radius 3 is 2.78 bits per heavy atom. The molecular weight excluding hydrogens is 236 g/mol. The molecule has 104 valence electrons. The standard InChI is InChI=1S/C12H22N2O4/c1-8(10(15)16)4-3-5-14-11(17)12(2)7-18-6-9(12)13/h8-9H,3-7,13H2,1-2H3,(H,14,17)(H,15,16). The predicted octanol–water partition coefficient (Wildman–Crippen LogP) is -0.0327. The van der Waals surface area contributed by atoms with Gasteiger partial charge in [0.15, 0.2) is 0 Å². The molecule has 0 radical (unpaired) electrons. The zero-order chi connectivity index (χ0) is 13.8. The molecule has 6 heteroatoms. The van der Waals surface area contributed by atoms with Gasteiger partial charge in [-0.25, -0.2) is 0 Å². The number of nitrogens with one attached hydrogen (secondary N) is 1. The van der Waals surface area contributed by atoms with Crippen LogP contribution in [-0.2, 0) is 14.3 Å². The number of nitrogens with two attached hydrogens (primary N) is 1. The number of rotatable bonds is 6. The molecule has 0 bridgehead atoms. The van der Waals surface area contributed by atoms with E-state index in [1.54, 1.807) is 13.8 Å². The second-order valence-corrected chi connectivity index (χ2v) is 5.18. The summed E-state index contributed by atoms with van der Waals surface area (Å²) in [7, 11) is 0. The lowest BCUT2D eigenvalue weighted by Gasteiger charge is -2.25. The molecule has 0 spiro atoms. The lowest BCUT2D eigenvalue weighted by atomic mass is 9.85. The maximum Gasteiger partial charge on any atom is 0.306 e. The van der Waals surface area contributed by atoms with Gasteiger partial charge in [0, 0.05) is 12.6 Å². The Morgan fingerprint density at radius 2 is 2.28 bits per heavy atom. The Balaban J connectivity index is 2.27. The van der Waals surface area contributed by atoms with Gasteiger partial charge >= 0.3 is 5.97 Å². The molecule has 3 atom stereocenters. The molecule has 0 saturated carbocycles. The highest BCUT2D eigenvalue weighted by atomic mass is 16.5. The van der Waals surface area contributed by atoms with Crippen LogP contribution in [0.4, 0.5) is 0 Å². The van der Waals surface area contributed by atoms with Crippen LogP contribution in [0.1, 0.15) is 26.7 Å². The van der Waals surface area contributed by atoms with Crippen molar-refractivity contribution in [2.24, 2.45) is 17.1 Å². The van der Waals surface area contributed by atoms with Gasteiger partial charge in [-0.1, -0.05) is 6.92 Å². The zero-order valence-electron chi connectivity index (χ0n) is 10.9. The van der Waals surface area contributed by atoms with E-state index in [-0.39, 0.29) is 17.9 Å². The molecule has 0 aromatic carbocycles. The largest absolute Gasteiger partial charge is 0.481 e. The Bertz CT molecular complexity index is 321. The summed E-state index contributed by atoms with van der Waals surface area (Å²) in [5, 5.41) is 11.5. The number of aliphatic carboxylic acids is 1. The Hall–Kier alpha value is -1.14. The number of carbonyl (C=O) groups excluding carboxylic acids is 1. The van der Waals surface area contributed by atoms with E-state index < -0.39 is 11.4 Å². The van der Waals surface area contributed by atoms with Crippen LogP contribution < -0.4 is 11.1 Å². The van der Waals surface area contributed by atoms with Gasteiger partial charge in [0.25, 0.3) is 0 Å². The average Bonchev–Trinajstić information content (AvgIpc) is 2.65. The normalized spacial score (nSPS) is 28.9. The van der Waals surface area contributed by atoms with Gasteiger partial charge in [0.2, 0.25) is 5.91 Å². The molecule has 0 aromatic rings. The second-order valence-electron chi connectivity index (χ2n) is 5.18. The third-order valence-corrected chi connectivity index (χ3v) is 3.56. The number of ether oxygens (including phenoxy) is 1. The number of hydrogen-bond acceptors (Lipinski definition) is 4. The fraction of sp³-hybridized carbons (Fsp3) is 0.833. The van der Waals surface area contributed by atoms with Crippen LogP contribution in [0.2, 0.25) is 0 Å². The highest BCUT2D eigenvalue weighted by Gasteiger charge is 2.44. The van der Waals surface area contributed by atoms with Gasteiger partial charge in [-0.05, 0) is 19.8 Å². The highest BCUT2D eigenvalue weighted by Crippen LogP contribution is 2.27. The van der Waals surface area contributed by atoms with E-state index in [1.165, 1.54) is 0 Å². The lowest BCUT2D eigenvalue weighted by molar-refractivity contribution is -0.141. The van der Waals surface area contributed by atoms with Gasteiger partial charge in [-0.15, -0.1) is 0 Å². The number of carbonyl (C=O) groups is 2. The molecule has 1 heterocycles. The molecule has 6 nitrogen and oxygen atoms in total. The van der Waals surface area contributed by atoms with Crippen LogP contribution in [0.3, 0.4) is 0 Å². The molecule has 1 fully saturated rings. The second kappa shape index (κ2) is 6.15. The lowest BCUT2D eigenvalue weighted by Crippen LogP contribution is -2.50. The van der Waals surface area contributed by atoms with E-state index in [1.807, 2.05) is 0 Å². The maximum atomic E-state index is 12.0. The first-order valence-electron chi connectivity index (χ1n) is 6.22. The van der Waals surface area contributed by atoms with Crippen molar-refractivity contribution < 1.29 is 19.4 Å². The first kappa shape index (κ1) is 14.9. The van der Waals surface area contributed by atoms with Gasteiger partial charge < -0.3 is 20.9 Å². The summed E-state index contributed by atoms with van der Waals surface area (Å²) in [6, 6.07) is -0.282. The maximum absolute atomic E-state index is 12.0. The summed E-state index contributed by atoms with van der Waals surface area (Å²) in [5.41, 5.74) is 5.17. The monoisotopic (exact) mass is 258 g/mol. The van der Waals surface area contributed by atoms with Crippen LogP contribution in [0.15, 0.2) is 0 Å². The Labute approximate surface area is 107 Å². The van der Waals surface area contributed by atoms with E-state index >= 15 is 0 Å². The van der Waals surface area contributed by atoms with Gasteiger partial charge in [0.05, 0.1) is 24.5 Å². The number of carboxylic acid groups (broad SMARTS) is 1. The van der Waals surface area contributed by atoms with E-state index in [0.29, 0.717) is 32.6 Å². The van der Waals surface area contributed by atoms with Crippen molar-refractivity contribution in [3.05, 3.63) is 0 Å². The number of carboxylic acids is 1. The van der Waals surface area contributed by atoms with Crippen LogP contribution in [-0.4, -0.2) is 42.8 Å². The highest BCUT2D eigenvalue weighted by molar-refractivity contribution is 5.83. The molecule has 1 aliphatic rings. The Morgan fingerprint density at radius 1 is 1.61 bits per heavy atom. The molecule has 3 unspecified atom stereocenters. The van der Waals surface area contributed by atoms with Crippen LogP contribution in [0.5, 0.6) is 0 Å². The summed E-state index contributed by atoms with van der Waals surface area (Å²) in [6.07, 6.45) is 1.19. The fourth-order valence-corrected chi connectivity index (χ4v) is 1.86. The van der Waals surface area contributed by atoms with E-state index in [0.717, 1.165) is 0 Å². The molecule has 4 N–H and O–H groups in total. The van der Waals surface area contributed by atoms with Gasteiger partial charge in [-0.3, -0.25) is 9.59 Å². The van der Waals surface area contributed by atoms with Crippen molar-refractivity contribution in [1.29, 1.82) is 0 Å². The molecule has 0 aromatic heterocycles. The minimum atomic E-state index is -0.806. The van der Waals surface area contributed by atoms with Crippen molar-refractivity contribution >= 4 is 11.9 Å².